The van der Waals surface area contributed by atoms with E-state index in [0.29, 0.717) is 35.5 Å². The summed E-state index contributed by atoms with van der Waals surface area (Å²) in [5, 5.41) is 12.2. The molecule has 0 bridgehead atoms. The van der Waals surface area contributed by atoms with Gasteiger partial charge in [-0.05, 0) is 19.3 Å². The Morgan fingerprint density at radius 2 is 2.00 bits per heavy atom. The molecule has 2 rings (SSSR count). The molecule has 0 saturated heterocycles. The van der Waals surface area contributed by atoms with Gasteiger partial charge < -0.3 is 16.2 Å². The lowest BCUT2D eigenvalue weighted by atomic mass is 9.89. The molecule has 1 aromatic rings. The van der Waals surface area contributed by atoms with Crippen molar-refractivity contribution in [1.29, 1.82) is 0 Å². The van der Waals surface area contributed by atoms with Crippen molar-refractivity contribution in [3.05, 3.63) is 11.0 Å². The molecule has 0 aliphatic heterocycles. The maximum absolute atomic E-state index is 8.80. The fourth-order valence-electron chi connectivity index (χ4n) is 2.42. The summed E-state index contributed by atoms with van der Waals surface area (Å²) < 4.78 is 0. The second-order valence-corrected chi connectivity index (χ2v) is 5.33. The number of nitrogens with two attached hydrogens (primary N) is 1. The highest BCUT2D eigenvalue weighted by Gasteiger charge is 2.20. The average molecular weight is 285 g/mol. The molecular formula is C13H21ClN4O. The molecule has 0 atom stereocenters. The Hall–Kier alpha value is -1.07. The van der Waals surface area contributed by atoms with E-state index in [2.05, 4.69) is 15.3 Å². The van der Waals surface area contributed by atoms with E-state index in [4.69, 9.17) is 22.4 Å². The molecule has 4 N–H and O–H groups in total. The van der Waals surface area contributed by atoms with Gasteiger partial charge in [-0.3, -0.25) is 0 Å². The van der Waals surface area contributed by atoms with Crippen molar-refractivity contribution in [2.24, 2.45) is 0 Å². The number of aromatic nitrogens is 2. The van der Waals surface area contributed by atoms with Gasteiger partial charge in [-0.1, -0.05) is 30.9 Å². The summed E-state index contributed by atoms with van der Waals surface area (Å²) in [5.74, 6) is 1.78. The lowest BCUT2D eigenvalue weighted by Gasteiger charge is -2.21. The van der Waals surface area contributed by atoms with Gasteiger partial charge >= 0.3 is 0 Å². The summed E-state index contributed by atoms with van der Waals surface area (Å²) in [6, 6.07) is 0. The molecule has 0 aromatic carbocycles. The van der Waals surface area contributed by atoms with Crippen molar-refractivity contribution in [2.75, 3.05) is 24.2 Å². The summed E-state index contributed by atoms with van der Waals surface area (Å²) in [7, 11) is 0. The van der Waals surface area contributed by atoms with Crippen LogP contribution >= 0.6 is 11.6 Å². The fourth-order valence-corrected chi connectivity index (χ4v) is 2.60. The van der Waals surface area contributed by atoms with Crippen molar-refractivity contribution in [2.45, 2.75) is 44.4 Å². The molecule has 1 aliphatic carbocycles. The van der Waals surface area contributed by atoms with Crippen LogP contribution in [0.1, 0.15) is 50.3 Å². The molecule has 0 unspecified atom stereocenters. The van der Waals surface area contributed by atoms with Crippen LogP contribution in [-0.4, -0.2) is 28.2 Å². The Bertz CT molecular complexity index is 421. The maximum atomic E-state index is 8.80. The molecule has 1 aliphatic rings. The van der Waals surface area contributed by atoms with Crippen LogP contribution in [-0.2, 0) is 0 Å². The third kappa shape index (κ3) is 3.70. The van der Waals surface area contributed by atoms with E-state index < -0.39 is 0 Å². The van der Waals surface area contributed by atoms with Gasteiger partial charge in [0.15, 0.2) is 11.0 Å². The van der Waals surface area contributed by atoms with Gasteiger partial charge in [0.05, 0.1) is 0 Å². The lowest BCUT2D eigenvalue weighted by Crippen LogP contribution is -2.14. The molecule has 106 valence electrons. The minimum Gasteiger partial charge on any atom is -0.396 e. The zero-order valence-electron chi connectivity index (χ0n) is 11.0. The summed E-state index contributed by atoms with van der Waals surface area (Å²) in [6.45, 7) is 0.763. The number of nitrogen functional groups attached to an aromatic ring is 1. The largest absolute Gasteiger partial charge is 0.396 e. The van der Waals surface area contributed by atoms with Crippen LogP contribution in [0, 0.1) is 0 Å². The number of hydrogen-bond donors (Lipinski definition) is 3. The predicted molar refractivity (Wildman–Crippen MR) is 77.5 cm³/mol. The first-order valence-electron chi connectivity index (χ1n) is 6.90. The minimum atomic E-state index is 0.140. The van der Waals surface area contributed by atoms with E-state index in [1.807, 2.05) is 0 Å². The van der Waals surface area contributed by atoms with Gasteiger partial charge in [0.2, 0.25) is 0 Å². The van der Waals surface area contributed by atoms with Crippen LogP contribution in [0.15, 0.2) is 0 Å². The Kier molecular flexibility index (Phi) is 5.22. The molecule has 6 heteroatoms. The molecule has 19 heavy (non-hydrogen) atoms. The molecular weight excluding hydrogens is 264 g/mol. The number of aliphatic hydroxyl groups excluding tert-OH is 1. The SMILES string of the molecule is Nc1c(Cl)nc(C2CCCCC2)nc1NCCCO. The first kappa shape index (κ1) is 14.3. The number of nitrogens with zero attached hydrogens (tertiary/aromatic N) is 2. The minimum absolute atomic E-state index is 0.140. The third-order valence-electron chi connectivity index (χ3n) is 3.51. The molecule has 1 heterocycles. The Balaban J connectivity index is 2.15. The standard InChI is InChI=1S/C13H21ClN4O/c14-11-10(15)13(16-7-4-8-19)18-12(17-11)9-5-2-1-3-6-9/h9,19H,1-8,15H2,(H,16,17,18). The first-order chi connectivity index (χ1) is 9.22. The molecule has 1 saturated carbocycles. The van der Waals surface area contributed by atoms with E-state index in [1.165, 1.54) is 19.3 Å². The normalized spacial score (nSPS) is 16.5. The van der Waals surface area contributed by atoms with Crippen LogP contribution < -0.4 is 11.1 Å². The Labute approximate surface area is 118 Å². The van der Waals surface area contributed by atoms with E-state index in [1.54, 1.807) is 0 Å². The molecule has 0 spiro atoms. The molecule has 5 nitrogen and oxygen atoms in total. The van der Waals surface area contributed by atoms with Gasteiger partial charge in [-0.2, -0.15) is 0 Å². The van der Waals surface area contributed by atoms with Gasteiger partial charge in [0.25, 0.3) is 0 Å². The fraction of sp³-hybridized carbons (Fsp3) is 0.692. The second kappa shape index (κ2) is 6.91. The number of hydrogen-bond acceptors (Lipinski definition) is 5. The number of aliphatic hydroxyl groups is 1. The summed E-state index contributed by atoms with van der Waals surface area (Å²) in [6.07, 6.45) is 6.64. The molecule has 0 amide bonds. The predicted octanol–water partition coefficient (Wildman–Crippen LogP) is 2.55. The molecule has 1 aromatic heterocycles. The molecule has 1 fully saturated rings. The topological polar surface area (TPSA) is 84.1 Å². The van der Waals surface area contributed by atoms with E-state index in [-0.39, 0.29) is 6.61 Å². The highest BCUT2D eigenvalue weighted by Crippen LogP contribution is 2.33. The van der Waals surface area contributed by atoms with Crippen LogP contribution in [0.5, 0.6) is 0 Å². The third-order valence-corrected chi connectivity index (χ3v) is 3.80. The Morgan fingerprint density at radius 1 is 1.26 bits per heavy atom. The van der Waals surface area contributed by atoms with Crippen molar-refractivity contribution < 1.29 is 5.11 Å². The monoisotopic (exact) mass is 284 g/mol. The smallest absolute Gasteiger partial charge is 0.157 e. The summed E-state index contributed by atoms with van der Waals surface area (Å²) in [5.41, 5.74) is 6.27. The summed E-state index contributed by atoms with van der Waals surface area (Å²) in [4.78, 5) is 8.84. The van der Waals surface area contributed by atoms with Gasteiger partial charge in [-0.25, -0.2) is 9.97 Å². The van der Waals surface area contributed by atoms with Crippen LogP contribution in [0.25, 0.3) is 0 Å². The summed E-state index contributed by atoms with van der Waals surface area (Å²) >= 11 is 6.09. The van der Waals surface area contributed by atoms with Crippen LogP contribution in [0.3, 0.4) is 0 Å². The van der Waals surface area contributed by atoms with Crippen molar-refractivity contribution in [3.8, 4) is 0 Å². The quantitative estimate of drug-likeness (QED) is 0.572. The van der Waals surface area contributed by atoms with E-state index in [9.17, 15) is 0 Å². The van der Waals surface area contributed by atoms with Gasteiger partial charge in [-0.15, -0.1) is 0 Å². The lowest BCUT2D eigenvalue weighted by molar-refractivity contribution is 0.292. The number of anilines is 2. The van der Waals surface area contributed by atoms with Gasteiger partial charge in [0, 0.05) is 19.1 Å². The highest BCUT2D eigenvalue weighted by atomic mass is 35.5. The number of halogens is 1. The zero-order chi connectivity index (χ0) is 13.7. The van der Waals surface area contributed by atoms with Crippen molar-refractivity contribution in [3.63, 3.8) is 0 Å². The van der Waals surface area contributed by atoms with E-state index >= 15 is 0 Å². The maximum Gasteiger partial charge on any atom is 0.157 e. The molecule has 0 radical (unpaired) electrons. The van der Waals surface area contributed by atoms with E-state index in [0.717, 1.165) is 18.7 Å². The average Bonchev–Trinajstić information content (AvgIpc) is 2.44. The van der Waals surface area contributed by atoms with Gasteiger partial charge in [0.1, 0.15) is 11.5 Å². The van der Waals surface area contributed by atoms with Crippen molar-refractivity contribution in [1.82, 2.24) is 9.97 Å². The first-order valence-corrected chi connectivity index (χ1v) is 7.28. The van der Waals surface area contributed by atoms with Crippen LogP contribution in [0.4, 0.5) is 11.5 Å². The number of nitrogens with one attached hydrogen (secondary N) is 1. The van der Waals surface area contributed by atoms with Crippen molar-refractivity contribution >= 4 is 23.1 Å². The highest BCUT2D eigenvalue weighted by molar-refractivity contribution is 6.32. The number of rotatable bonds is 5. The van der Waals surface area contributed by atoms with Crippen LogP contribution in [0.2, 0.25) is 5.15 Å². The second-order valence-electron chi connectivity index (χ2n) is 4.97. The Morgan fingerprint density at radius 3 is 2.68 bits per heavy atom. The zero-order valence-corrected chi connectivity index (χ0v) is 11.8.